The summed E-state index contributed by atoms with van der Waals surface area (Å²) in [6, 6.07) is 3.88. The number of rotatable bonds is 6. The van der Waals surface area contributed by atoms with E-state index in [1.807, 2.05) is 26.0 Å². The van der Waals surface area contributed by atoms with Crippen LogP contribution in [-0.4, -0.2) is 24.6 Å². The number of hydrogen-bond donors (Lipinski definition) is 2. The highest BCUT2D eigenvalue weighted by molar-refractivity contribution is 9.10. The summed E-state index contributed by atoms with van der Waals surface area (Å²) in [6.07, 6.45) is 1.38. The predicted octanol–water partition coefficient (Wildman–Crippen LogP) is 4.34. The van der Waals surface area contributed by atoms with Crippen molar-refractivity contribution in [3.8, 4) is 0 Å². The number of benzene rings is 1. The first-order valence-corrected chi connectivity index (χ1v) is 11.8. The van der Waals surface area contributed by atoms with Crippen LogP contribution in [0, 0.1) is 13.8 Å². The van der Waals surface area contributed by atoms with E-state index >= 15 is 0 Å². The molecule has 1 fully saturated rings. The SMILES string of the molecule is Cc1cc(NC(=O)C(C)(C)c2csc(NS(=O)(=O)C3CC3)n2)c(C)cc1Br. The van der Waals surface area contributed by atoms with Gasteiger partial charge in [-0.15, -0.1) is 11.3 Å². The van der Waals surface area contributed by atoms with Crippen molar-refractivity contribution in [2.24, 2.45) is 0 Å². The molecule has 1 amide bonds. The number of halogens is 1. The van der Waals surface area contributed by atoms with Gasteiger partial charge in [0.25, 0.3) is 0 Å². The lowest BCUT2D eigenvalue weighted by atomic mass is 9.88. The van der Waals surface area contributed by atoms with Crippen LogP contribution in [0.2, 0.25) is 0 Å². The van der Waals surface area contributed by atoms with Gasteiger partial charge < -0.3 is 5.32 Å². The van der Waals surface area contributed by atoms with Crippen molar-refractivity contribution >= 4 is 54.0 Å². The highest BCUT2D eigenvalue weighted by Crippen LogP contribution is 2.33. The first-order valence-electron chi connectivity index (χ1n) is 8.56. The molecule has 0 radical (unpaired) electrons. The van der Waals surface area contributed by atoms with Gasteiger partial charge in [0.15, 0.2) is 5.13 Å². The van der Waals surface area contributed by atoms with Crippen molar-refractivity contribution < 1.29 is 13.2 Å². The molecule has 1 aliphatic rings. The Morgan fingerprint density at radius 2 is 1.93 bits per heavy atom. The molecule has 0 saturated heterocycles. The second-order valence-corrected chi connectivity index (χ2v) is 11.1. The molecule has 3 rings (SSSR count). The monoisotopic (exact) mass is 471 g/mol. The number of aromatic nitrogens is 1. The number of carbonyl (C=O) groups excluding carboxylic acids is 1. The van der Waals surface area contributed by atoms with Gasteiger partial charge >= 0.3 is 0 Å². The smallest absolute Gasteiger partial charge is 0.237 e. The van der Waals surface area contributed by atoms with E-state index in [1.165, 1.54) is 11.3 Å². The molecule has 2 N–H and O–H groups in total. The molecule has 1 saturated carbocycles. The number of sulfonamides is 1. The van der Waals surface area contributed by atoms with E-state index in [0.29, 0.717) is 23.7 Å². The van der Waals surface area contributed by atoms with Crippen LogP contribution in [-0.2, 0) is 20.2 Å². The summed E-state index contributed by atoms with van der Waals surface area (Å²) in [5.41, 5.74) is 2.35. The molecule has 1 heterocycles. The summed E-state index contributed by atoms with van der Waals surface area (Å²) in [5, 5.41) is 4.68. The maximum atomic E-state index is 12.9. The summed E-state index contributed by atoms with van der Waals surface area (Å²) < 4.78 is 27.6. The van der Waals surface area contributed by atoms with E-state index < -0.39 is 15.4 Å². The fourth-order valence-electron chi connectivity index (χ4n) is 2.50. The molecule has 146 valence electrons. The second-order valence-electron chi connectivity index (χ2n) is 7.38. The number of nitrogens with zero attached hydrogens (tertiary/aromatic N) is 1. The van der Waals surface area contributed by atoms with E-state index in [2.05, 4.69) is 31.0 Å². The summed E-state index contributed by atoms with van der Waals surface area (Å²) in [5.74, 6) is -0.200. The van der Waals surface area contributed by atoms with Crippen molar-refractivity contribution in [1.82, 2.24) is 4.98 Å². The Morgan fingerprint density at radius 1 is 1.26 bits per heavy atom. The van der Waals surface area contributed by atoms with Gasteiger partial charge in [-0.25, -0.2) is 13.4 Å². The largest absolute Gasteiger partial charge is 0.325 e. The molecule has 0 spiro atoms. The third-order valence-electron chi connectivity index (χ3n) is 4.66. The number of anilines is 2. The third kappa shape index (κ3) is 4.35. The fourth-order valence-corrected chi connectivity index (χ4v) is 5.43. The summed E-state index contributed by atoms with van der Waals surface area (Å²) in [6.45, 7) is 7.44. The lowest BCUT2D eigenvalue weighted by Gasteiger charge is -2.22. The summed E-state index contributed by atoms with van der Waals surface area (Å²) in [4.78, 5) is 17.3. The standard InChI is InChI=1S/C18H22BrN3O3S2/c1-10-8-14(11(2)7-13(10)19)20-16(23)18(3,4)15-9-26-17(21-15)22-27(24,25)12-5-6-12/h7-9,12H,5-6H2,1-4H3,(H,20,23)(H,21,22). The maximum absolute atomic E-state index is 12.9. The number of thiazole rings is 1. The Kier molecular flexibility index (Phi) is 5.39. The summed E-state index contributed by atoms with van der Waals surface area (Å²) in [7, 11) is -3.36. The van der Waals surface area contributed by atoms with E-state index in [0.717, 1.165) is 21.3 Å². The minimum atomic E-state index is -3.36. The van der Waals surface area contributed by atoms with E-state index in [-0.39, 0.29) is 11.2 Å². The van der Waals surface area contributed by atoms with Gasteiger partial charge in [-0.3, -0.25) is 9.52 Å². The third-order valence-corrected chi connectivity index (χ3v) is 8.23. The minimum Gasteiger partial charge on any atom is -0.325 e. The topological polar surface area (TPSA) is 88.2 Å². The second kappa shape index (κ2) is 7.18. The lowest BCUT2D eigenvalue weighted by Crippen LogP contribution is -2.35. The van der Waals surface area contributed by atoms with Gasteiger partial charge in [0.05, 0.1) is 16.4 Å². The van der Waals surface area contributed by atoms with Crippen molar-refractivity contribution in [3.05, 3.63) is 38.8 Å². The molecule has 0 bridgehead atoms. The quantitative estimate of drug-likeness (QED) is 0.655. The van der Waals surface area contributed by atoms with Gasteiger partial charge in [-0.1, -0.05) is 15.9 Å². The van der Waals surface area contributed by atoms with Crippen LogP contribution >= 0.6 is 27.3 Å². The number of nitrogens with one attached hydrogen (secondary N) is 2. The highest BCUT2D eigenvalue weighted by atomic mass is 79.9. The predicted molar refractivity (Wildman–Crippen MR) is 113 cm³/mol. The molecule has 6 nitrogen and oxygen atoms in total. The molecule has 1 aliphatic carbocycles. The van der Waals surface area contributed by atoms with Gasteiger partial charge in [-0.2, -0.15) is 0 Å². The van der Waals surface area contributed by atoms with Gasteiger partial charge in [0.2, 0.25) is 15.9 Å². The van der Waals surface area contributed by atoms with Crippen LogP contribution in [0.3, 0.4) is 0 Å². The van der Waals surface area contributed by atoms with Crippen LogP contribution in [0.1, 0.15) is 43.5 Å². The Balaban J connectivity index is 1.77. The average molecular weight is 472 g/mol. The van der Waals surface area contributed by atoms with Crippen LogP contribution < -0.4 is 10.0 Å². The normalized spacial score (nSPS) is 14.9. The molecular weight excluding hydrogens is 450 g/mol. The number of amides is 1. The molecule has 1 aromatic carbocycles. The van der Waals surface area contributed by atoms with Crippen molar-refractivity contribution in [1.29, 1.82) is 0 Å². The van der Waals surface area contributed by atoms with Gasteiger partial charge in [-0.05, 0) is 63.8 Å². The first kappa shape index (κ1) is 20.3. The van der Waals surface area contributed by atoms with Gasteiger partial charge in [0.1, 0.15) is 0 Å². The van der Waals surface area contributed by atoms with Crippen LogP contribution in [0.15, 0.2) is 22.0 Å². The first-order chi connectivity index (χ1) is 12.5. The zero-order valence-corrected chi connectivity index (χ0v) is 18.8. The van der Waals surface area contributed by atoms with E-state index in [9.17, 15) is 13.2 Å². The minimum absolute atomic E-state index is 0.200. The zero-order chi connectivity index (χ0) is 20.0. The Hall–Kier alpha value is -1.45. The molecular formula is C18H22BrN3O3S2. The Bertz CT molecular complexity index is 995. The Labute approximate surface area is 172 Å². The molecule has 9 heteroatoms. The molecule has 1 aromatic heterocycles. The molecule has 27 heavy (non-hydrogen) atoms. The van der Waals surface area contributed by atoms with Gasteiger partial charge in [0, 0.05) is 15.5 Å². The van der Waals surface area contributed by atoms with E-state index in [4.69, 9.17) is 0 Å². The fraction of sp³-hybridized carbons (Fsp3) is 0.444. The number of carbonyl (C=O) groups is 1. The highest BCUT2D eigenvalue weighted by Gasteiger charge is 2.37. The van der Waals surface area contributed by atoms with Crippen molar-refractivity contribution in [2.45, 2.75) is 51.2 Å². The average Bonchev–Trinajstić information content (AvgIpc) is 3.33. The van der Waals surface area contributed by atoms with Crippen molar-refractivity contribution in [2.75, 3.05) is 10.0 Å². The van der Waals surface area contributed by atoms with Crippen LogP contribution in [0.25, 0.3) is 0 Å². The lowest BCUT2D eigenvalue weighted by molar-refractivity contribution is -0.120. The number of hydrogen-bond acceptors (Lipinski definition) is 5. The summed E-state index contributed by atoms with van der Waals surface area (Å²) >= 11 is 4.68. The van der Waals surface area contributed by atoms with Crippen LogP contribution in [0.4, 0.5) is 10.8 Å². The molecule has 0 unspecified atom stereocenters. The van der Waals surface area contributed by atoms with Crippen LogP contribution in [0.5, 0.6) is 0 Å². The molecule has 2 aromatic rings. The maximum Gasteiger partial charge on any atom is 0.237 e. The zero-order valence-electron chi connectivity index (χ0n) is 15.6. The van der Waals surface area contributed by atoms with E-state index in [1.54, 1.807) is 19.2 Å². The Morgan fingerprint density at radius 3 is 2.56 bits per heavy atom. The van der Waals surface area contributed by atoms with Crippen molar-refractivity contribution in [3.63, 3.8) is 0 Å². The molecule has 0 atom stereocenters. The number of aryl methyl sites for hydroxylation is 2. The molecule has 0 aliphatic heterocycles.